The third-order valence-corrected chi connectivity index (χ3v) is 3.16. The molecule has 0 aliphatic carbocycles. The second-order valence-electron chi connectivity index (χ2n) is 3.76. The van der Waals surface area contributed by atoms with Gasteiger partial charge in [0.15, 0.2) is 11.6 Å². The Morgan fingerprint density at radius 3 is 2.47 bits per heavy atom. The summed E-state index contributed by atoms with van der Waals surface area (Å²) in [4.78, 5) is 0. The third kappa shape index (κ3) is 3.79. The van der Waals surface area contributed by atoms with Crippen molar-refractivity contribution in [2.45, 2.75) is 18.9 Å². The minimum Gasteiger partial charge on any atom is -0.487 e. The van der Waals surface area contributed by atoms with Crippen molar-refractivity contribution < 1.29 is 13.5 Å². The average molecular weight is 329 g/mol. The van der Waals surface area contributed by atoms with Crippen molar-refractivity contribution in [3.63, 3.8) is 0 Å². The predicted molar refractivity (Wildman–Crippen MR) is 67.8 cm³/mol. The van der Waals surface area contributed by atoms with Crippen LogP contribution in [-0.2, 0) is 0 Å². The molecule has 1 aromatic carbocycles. The van der Waals surface area contributed by atoms with Crippen LogP contribution in [0.5, 0.6) is 5.75 Å². The number of hydrogen-bond donors (Lipinski definition) is 1. The number of rotatable bonds is 2. The Kier molecular flexibility index (Phi) is 5.62. The van der Waals surface area contributed by atoms with E-state index in [-0.39, 0.29) is 28.7 Å². The van der Waals surface area contributed by atoms with Gasteiger partial charge in [-0.05, 0) is 47.9 Å². The fourth-order valence-corrected chi connectivity index (χ4v) is 2.00. The second-order valence-corrected chi connectivity index (χ2v) is 4.62. The highest BCUT2D eigenvalue weighted by Gasteiger charge is 2.17. The molecular weight excluding hydrogens is 315 g/mol. The molecule has 0 bridgehead atoms. The van der Waals surface area contributed by atoms with Gasteiger partial charge in [0, 0.05) is 6.07 Å². The minimum absolute atomic E-state index is 0. The molecular formula is C11H13BrClF2NO. The van der Waals surface area contributed by atoms with E-state index in [1.807, 2.05) is 0 Å². The van der Waals surface area contributed by atoms with Crippen molar-refractivity contribution in [2.24, 2.45) is 0 Å². The molecule has 6 heteroatoms. The summed E-state index contributed by atoms with van der Waals surface area (Å²) in [6, 6.07) is 2.17. The van der Waals surface area contributed by atoms with Crippen LogP contribution in [0.3, 0.4) is 0 Å². The number of hydrogen-bond acceptors (Lipinski definition) is 2. The van der Waals surface area contributed by atoms with E-state index in [2.05, 4.69) is 21.2 Å². The third-order valence-electron chi connectivity index (χ3n) is 2.55. The van der Waals surface area contributed by atoms with Crippen molar-refractivity contribution in [2.75, 3.05) is 13.1 Å². The first-order chi connectivity index (χ1) is 7.66. The summed E-state index contributed by atoms with van der Waals surface area (Å²) in [6.45, 7) is 1.70. The zero-order valence-corrected chi connectivity index (χ0v) is 11.4. The first kappa shape index (κ1) is 14.7. The molecule has 1 aromatic rings. The standard InChI is InChI=1S/C11H12BrF2NO.ClH/c12-8-5-10(14)11(6-9(8)13)16-7-1-3-15-4-2-7;/h5-7,15H,1-4H2;1H. The number of halogens is 4. The van der Waals surface area contributed by atoms with Crippen LogP contribution < -0.4 is 10.1 Å². The Morgan fingerprint density at radius 1 is 1.18 bits per heavy atom. The van der Waals surface area contributed by atoms with Gasteiger partial charge in [-0.3, -0.25) is 0 Å². The summed E-state index contributed by atoms with van der Waals surface area (Å²) in [6.07, 6.45) is 1.60. The van der Waals surface area contributed by atoms with E-state index in [4.69, 9.17) is 4.74 Å². The van der Waals surface area contributed by atoms with Crippen molar-refractivity contribution >= 4 is 28.3 Å². The number of ether oxygens (including phenoxy) is 1. The molecule has 1 saturated heterocycles. The van der Waals surface area contributed by atoms with Crippen LogP contribution in [0.4, 0.5) is 8.78 Å². The van der Waals surface area contributed by atoms with Gasteiger partial charge in [0.25, 0.3) is 0 Å². The van der Waals surface area contributed by atoms with Gasteiger partial charge in [0.1, 0.15) is 11.9 Å². The Balaban J connectivity index is 0.00000144. The monoisotopic (exact) mass is 327 g/mol. The number of nitrogens with one attached hydrogen (secondary N) is 1. The topological polar surface area (TPSA) is 21.3 Å². The van der Waals surface area contributed by atoms with Crippen LogP contribution in [0.25, 0.3) is 0 Å². The number of benzene rings is 1. The van der Waals surface area contributed by atoms with Crippen molar-refractivity contribution in [3.8, 4) is 5.75 Å². The van der Waals surface area contributed by atoms with E-state index in [1.54, 1.807) is 0 Å². The molecule has 1 fully saturated rings. The number of piperidine rings is 1. The molecule has 0 spiro atoms. The summed E-state index contributed by atoms with van der Waals surface area (Å²) in [5.41, 5.74) is 0. The first-order valence-corrected chi connectivity index (χ1v) is 5.98. The second kappa shape index (κ2) is 6.52. The van der Waals surface area contributed by atoms with E-state index < -0.39 is 11.6 Å². The highest BCUT2D eigenvalue weighted by Crippen LogP contribution is 2.26. The molecule has 0 unspecified atom stereocenters. The molecule has 2 rings (SSSR count). The highest BCUT2D eigenvalue weighted by atomic mass is 79.9. The van der Waals surface area contributed by atoms with E-state index in [0.29, 0.717) is 0 Å². The molecule has 17 heavy (non-hydrogen) atoms. The molecule has 2 nitrogen and oxygen atoms in total. The summed E-state index contributed by atoms with van der Waals surface area (Å²) < 4.78 is 32.2. The van der Waals surface area contributed by atoms with E-state index >= 15 is 0 Å². The normalized spacial score (nSPS) is 16.4. The van der Waals surface area contributed by atoms with Crippen LogP contribution in [0.2, 0.25) is 0 Å². The molecule has 0 aromatic heterocycles. The van der Waals surface area contributed by atoms with Gasteiger partial charge < -0.3 is 10.1 Å². The summed E-state index contributed by atoms with van der Waals surface area (Å²) in [5.74, 6) is -1.05. The maximum Gasteiger partial charge on any atom is 0.166 e. The van der Waals surface area contributed by atoms with E-state index in [0.717, 1.165) is 38.1 Å². The molecule has 0 radical (unpaired) electrons. The molecule has 96 valence electrons. The predicted octanol–water partition coefficient (Wildman–Crippen LogP) is 3.28. The van der Waals surface area contributed by atoms with Gasteiger partial charge in [0.05, 0.1) is 4.47 Å². The highest BCUT2D eigenvalue weighted by molar-refractivity contribution is 9.10. The lowest BCUT2D eigenvalue weighted by Gasteiger charge is -2.24. The lowest BCUT2D eigenvalue weighted by Crippen LogP contribution is -2.34. The van der Waals surface area contributed by atoms with Crippen LogP contribution in [-0.4, -0.2) is 19.2 Å². The van der Waals surface area contributed by atoms with E-state index in [9.17, 15) is 8.78 Å². The Bertz CT molecular complexity index is 386. The Labute approximate surface area is 113 Å². The Morgan fingerprint density at radius 2 is 1.82 bits per heavy atom. The zero-order chi connectivity index (χ0) is 11.5. The molecule has 1 aliphatic heterocycles. The quantitative estimate of drug-likeness (QED) is 0.841. The van der Waals surface area contributed by atoms with Crippen molar-refractivity contribution in [3.05, 3.63) is 28.2 Å². The molecule has 1 N–H and O–H groups in total. The van der Waals surface area contributed by atoms with Gasteiger partial charge in [-0.1, -0.05) is 0 Å². The van der Waals surface area contributed by atoms with Crippen LogP contribution >= 0.6 is 28.3 Å². The first-order valence-electron chi connectivity index (χ1n) is 5.19. The minimum atomic E-state index is -0.535. The van der Waals surface area contributed by atoms with Crippen LogP contribution in [0.15, 0.2) is 16.6 Å². The summed E-state index contributed by atoms with van der Waals surface area (Å²) in [5, 5.41) is 3.18. The van der Waals surface area contributed by atoms with Gasteiger partial charge >= 0.3 is 0 Å². The molecule has 0 amide bonds. The molecule has 0 saturated carbocycles. The van der Waals surface area contributed by atoms with Gasteiger partial charge in [-0.25, -0.2) is 8.78 Å². The largest absolute Gasteiger partial charge is 0.487 e. The Hall–Kier alpha value is -0.390. The van der Waals surface area contributed by atoms with Crippen LogP contribution in [0.1, 0.15) is 12.8 Å². The maximum absolute atomic E-state index is 13.4. The fraction of sp³-hybridized carbons (Fsp3) is 0.455. The smallest absolute Gasteiger partial charge is 0.166 e. The molecule has 1 heterocycles. The summed E-state index contributed by atoms with van der Waals surface area (Å²) in [7, 11) is 0. The molecule has 0 atom stereocenters. The van der Waals surface area contributed by atoms with Gasteiger partial charge in [0.2, 0.25) is 0 Å². The van der Waals surface area contributed by atoms with Crippen LogP contribution in [0, 0.1) is 11.6 Å². The summed E-state index contributed by atoms with van der Waals surface area (Å²) >= 11 is 2.92. The van der Waals surface area contributed by atoms with Gasteiger partial charge in [-0.2, -0.15) is 0 Å². The lowest BCUT2D eigenvalue weighted by atomic mass is 10.1. The van der Waals surface area contributed by atoms with Crippen molar-refractivity contribution in [1.82, 2.24) is 5.32 Å². The lowest BCUT2D eigenvalue weighted by molar-refractivity contribution is 0.155. The van der Waals surface area contributed by atoms with Crippen molar-refractivity contribution in [1.29, 1.82) is 0 Å². The zero-order valence-electron chi connectivity index (χ0n) is 9.01. The van der Waals surface area contributed by atoms with E-state index in [1.165, 1.54) is 0 Å². The molecule has 1 aliphatic rings. The van der Waals surface area contributed by atoms with Gasteiger partial charge in [-0.15, -0.1) is 12.4 Å². The average Bonchev–Trinajstić information content (AvgIpc) is 2.27. The SMILES string of the molecule is Cl.Fc1cc(OC2CCNCC2)c(F)cc1Br. The fourth-order valence-electron chi connectivity index (χ4n) is 1.69. The maximum atomic E-state index is 13.4.